The maximum Gasteiger partial charge on any atom is 0.165 e. The van der Waals surface area contributed by atoms with Crippen LogP contribution in [-0.4, -0.2) is 67.0 Å². The summed E-state index contributed by atoms with van der Waals surface area (Å²) < 4.78 is 1.77. The van der Waals surface area contributed by atoms with Gasteiger partial charge in [-0.25, -0.2) is 15.0 Å². The Balaban J connectivity index is 2.00. The molecule has 4 N–H and O–H groups in total. The fourth-order valence-electron chi connectivity index (χ4n) is 2.43. The normalized spacial score (nSPS) is 13.1. The van der Waals surface area contributed by atoms with Crippen molar-refractivity contribution in [2.75, 3.05) is 32.0 Å². The molecule has 122 valence electrons. The van der Waals surface area contributed by atoms with E-state index in [1.807, 2.05) is 0 Å². The quantitative estimate of drug-likeness (QED) is 0.591. The van der Waals surface area contributed by atoms with Crippen molar-refractivity contribution in [1.82, 2.24) is 24.4 Å². The van der Waals surface area contributed by atoms with Crippen LogP contribution in [0.4, 0.5) is 5.82 Å². The summed E-state index contributed by atoms with van der Waals surface area (Å²) >= 11 is 0. The molecule has 0 aliphatic carbocycles. The highest BCUT2D eigenvalue weighted by Crippen LogP contribution is 2.14. The van der Waals surface area contributed by atoms with Gasteiger partial charge < -0.3 is 20.5 Å². The van der Waals surface area contributed by atoms with Crippen LogP contribution in [-0.2, 0) is 6.54 Å². The number of fused-ring (bicyclic) bond motifs is 1. The highest BCUT2D eigenvalue weighted by Gasteiger charge is 2.14. The largest absolute Gasteiger partial charge is 0.395 e. The summed E-state index contributed by atoms with van der Waals surface area (Å²) in [7, 11) is 0. The number of aliphatic hydroxyl groups excluding tert-OH is 2. The van der Waals surface area contributed by atoms with Gasteiger partial charge in [0.05, 0.1) is 25.6 Å². The molecule has 2 aromatic heterocycles. The zero-order valence-corrected chi connectivity index (χ0v) is 12.9. The Morgan fingerprint density at radius 3 is 2.86 bits per heavy atom. The molecule has 0 unspecified atom stereocenters. The average Bonchev–Trinajstić information content (AvgIpc) is 2.89. The van der Waals surface area contributed by atoms with Crippen molar-refractivity contribution in [2.24, 2.45) is 0 Å². The number of hydrogen-bond donors (Lipinski definition) is 3. The van der Waals surface area contributed by atoms with E-state index in [1.54, 1.807) is 10.9 Å². The van der Waals surface area contributed by atoms with E-state index in [1.165, 1.54) is 6.33 Å². The van der Waals surface area contributed by atoms with E-state index >= 15 is 0 Å². The molecule has 0 radical (unpaired) electrons. The number of unbranched alkanes of at least 4 members (excludes halogenated alkanes) is 1. The number of rotatable bonds is 9. The zero-order chi connectivity index (χ0) is 15.9. The lowest BCUT2D eigenvalue weighted by Gasteiger charge is -2.24. The number of aromatic nitrogens is 4. The van der Waals surface area contributed by atoms with Crippen molar-refractivity contribution in [1.29, 1.82) is 0 Å². The molecule has 0 spiro atoms. The van der Waals surface area contributed by atoms with Crippen molar-refractivity contribution >= 4 is 17.0 Å². The first-order valence-electron chi connectivity index (χ1n) is 7.58. The Morgan fingerprint density at radius 1 is 1.32 bits per heavy atom. The number of imidazole rings is 1. The van der Waals surface area contributed by atoms with E-state index in [4.69, 9.17) is 10.8 Å². The first kappa shape index (κ1) is 16.6. The van der Waals surface area contributed by atoms with Crippen LogP contribution in [0.5, 0.6) is 0 Å². The van der Waals surface area contributed by atoms with Gasteiger partial charge in [-0.05, 0) is 13.0 Å². The second-order valence-corrected chi connectivity index (χ2v) is 5.36. The monoisotopic (exact) mass is 308 g/mol. The summed E-state index contributed by atoms with van der Waals surface area (Å²) in [5.41, 5.74) is 6.92. The maximum absolute atomic E-state index is 10.3. The Kier molecular flexibility index (Phi) is 6.05. The lowest BCUT2D eigenvalue weighted by Crippen LogP contribution is -2.37. The molecular formula is C14H24N6O2. The number of nitrogens with zero attached hydrogens (tertiary/aromatic N) is 5. The summed E-state index contributed by atoms with van der Waals surface area (Å²) in [5, 5.41) is 19.4. The fraction of sp³-hybridized carbons (Fsp3) is 0.643. The number of nitrogens with two attached hydrogens (primary N) is 1. The lowest BCUT2D eigenvalue weighted by atomic mass is 10.2. The van der Waals surface area contributed by atoms with Gasteiger partial charge in [0.2, 0.25) is 0 Å². The van der Waals surface area contributed by atoms with E-state index in [9.17, 15) is 5.11 Å². The third-order valence-corrected chi connectivity index (χ3v) is 3.55. The van der Waals surface area contributed by atoms with Gasteiger partial charge in [0.1, 0.15) is 11.8 Å². The molecule has 0 aliphatic rings. The van der Waals surface area contributed by atoms with Crippen LogP contribution in [0.2, 0.25) is 0 Å². The van der Waals surface area contributed by atoms with E-state index in [2.05, 4.69) is 26.8 Å². The first-order valence-corrected chi connectivity index (χ1v) is 7.58. The van der Waals surface area contributed by atoms with Gasteiger partial charge in [-0.2, -0.15) is 0 Å². The average molecular weight is 308 g/mol. The molecular weight excluding hydrogens is 284 g/mol. The molecule has 2 rings (SSSR count). The van der Waals surface area contributed by atoms with Crippen LogP contribution in [0.25, 0.3) is 11.2 Å². The molecule has 8 heteroatoms. The van der Waals surface area contributed by atoms with Gasteiger partial charge in [0.15, 0.2) is 11.5 Å². The molecule has 2 aromatic rings. The SMILES string of the molecule is CCCCN(CCO)C[C@@H](O)Cn1cnc2c(N)ncnc21. The number of nitrogen functional groups attached to an aromatic ring is 1. The van der Waals surface area contributed by atoms with Crippen molar-refractivity contribution in [2.45, 2.75) is 32.4 Å². The topological polar surface area (TPSA) is 113 Å². The van der Waals surface area contributed by atoms with E-state index < -0.39 is 6.10 Å². The van der Waals surface area contributed by atoms with Gasteiger partial charge >= 0.3 is 0 Å². The molecule has 0 aliphatic heterocycles. The maximum atomic E-state index is 10.3. The molecule has 0 aromatic carbocycles. The molecule has 8 nitrogen and oxygen atoms in total. The van der Waals surface area contributed by atoms with Crippen LogP contribution in [0.1, 0.15) is 19.8 Å². The Morgan fingerprint density at radius 2 is 2.14 bits per heavy atom. The van der Waals surface area contributed by atoms with Crippen molar-refractivity contribution in [3.63, 3.8) is 0 Å². The van der Waals surface area contributed by atoms with Gasteiger partial charge in [-0.15, -0.1) is 0 Å². The number of hydrogen-bond acceptors (Lipinski definition) is 7. The first-order chi connectivity index (χ1) is 10.7. The standard InChI is InChI=1S/C14H24N6O2/c1-2-3-4-19(5-6-21)7-11(22)8-20-10-18-12-13(15)16-9-17-14(12)20/h9-11,21-22H,2-8H2,1H3,(H2,15,16,17)/t11-/m1/s1. The Hall–Kier alpha value is -1.77. The Bertz CT molecular complexity index is 588. The molecule has 2 heterocycles. The van der Waals surface area contributed by atoms with Crippen LogP contribution in [0.15, 0.2) is 12.7 Å². The van der Waals surface area contributed by atoms with Crippen LogP contribution in [0, 0.1) is 0 Å². The summed E-state index contributed by atoms with van der Waals surface area (Å²) in [6, 6.07) is 0. The molecule has 0 saturated carbocycles. The van der Waals surface area contributed by atoms with Crippen LogP contribution >= 0.6 is 0 Å². The minimum Gasteiger partial charge on any atom is -0.395 e. The Labute approximate surface area is 129 Å². The fourth-order valence-corrected chi connectivity index (χ4v) is 2.43. The minimum absolute atomic E-state index is 0.0915. The van der Waals surface area contributed by atoms with E-state index in [0.717, 1.165) is 19.4 Å². The summed E-state index contributed by atoms with van der Waals surface area (Å²) in [5.74, 6) is 0.336. The molecule has 0 saturated heterocycles. The predicted octanol–water partition coefficient (Wildman–Crippen LogP) is -0.136. The molecule has 1 atom stereocenters. The summed E-state index contributed by atoms with van der Waals surface area (Å²) in [4.78, 5) is 14.3. The van der Waals surface area contributed by atoms with Gasteiger partial charge in [0, 0.05) is 13.1 Å². The zero-order valence-electron chi connectivity index (χ0n) is 12.9. The minimum atomic E-state index is -0.572. The lowest BCUT2D eigenvalue weighted by molar-refractivity contribution is 0.0874. The number of anilines is 1. The van der Waals surface area contributed by atoms with Gasteiger partial charge in [0.25, 0.3) is 0 Å². The van der Waals surface area contributed by atoms with Crippen molar-refractivity contribution in [3.8, 4) is 0 Å². The highest BCUT2D eigenvalue weighted by molar-refractivity contribution is 5.81. The van der Waals surface area contributed by atoms with Crippen LogP contribution < -0.4 is 5.73 Å². The van der Waals surface area contributed by atoms with Gasteiger partial charge in [-0.3, -0.25) is 4.90 Å². The second-order valence-electron chi connectivity index (χ2n) is 5.36. The molecule has 22 heavy (non-hydrogen) atoms. The third kappa shape index (κ3) is 4.12. The predicted molar refractivity (Wildman–Crippen MR) is 84.2 cm³/mol. The van der Waals surface area contributed by atoms with Crippen LogP contribution in [0.3, 0.4) is 0 Å². The molecule has 0 fully saturated rings. The highest BCUT2D eigenvalue weighted by atomic mass is 16.3. The number of aliphatic hydroxyl groups is 2. The summed E-state index contributed by atoms with van der Waals surface area (Å²) in [6.45, 7) is 4.52. The van der Waals surface area contributed by atoms with E-state index in [0.29, 0.717) is 36.6 Å². The van der Waals surface area contributed by atoms with Crippen molar-refractivity contribution < 1.29 is 10.2 Å². The summed E-state index contributed by atoms with van der Waals surface area (Å²) in [6.07, 6.45) is 4.56. The van der Waals surface area contributed by atoms with Crippen molar-refractivity contribution in [3.05, 3.63) is 12.7 Å². The molecule has 0 bridgehead atoms. The van der Waals surface area contributed by atoms with E-state index in [-0.39, 0.29) is 6.61 Å². The van der Waals surface area contributed by atoms with Gasteiger partial charge in [-0.1, -0.05) is 13.3 Å². The second kappa shape index (κ2) is 8.02. The smallest absolute Gasteiger partial charge is 0.165 e. The molecule has 0 amide bonds. The third-order valence-electron chi connectivity index (χ3n) is 3.55.